The van der Waals surface area contributed by atoms with Crippen LogP contribution in [0.15, 0.2) is 0 Å². The summed E-state index contributed by atoms with van der Waals surface area (Å²) in [5.41, 5.74) is 0. The summed E-state index contributed by atoms with van der Waals surface area (Å²) in [5, 5.41) is 3.19. The first-order valence-corrected chi connectivity index (χ1v) is 8.90. The summed E-state index contributed by atoms with van der Waals surface area (Å²) in [5.74, 6) is 0. The summed E-state index contributed by atoms with van der Waals surface area (Å²) in [6.07, 6.45) is 3.32. The lowest BCUT2D eigenvalue weighted by Crippen LogP contribution is -2.42. The van der Waals surface area contributed by atoms with Crippen LogP contribution in [0.4, 0.5) is 0 Å². The third kappa shape index (κ3) is 6.63. The summed E-state index contributed by atoms with van der Waals surface area (Å²) < 4.78 is 12.1. The Balaban J connectivity index is 4.16. The van der Waals surface area contributed by atoms with Crippen molar-refractivity contribution in [2.75, 3.05) is 26.8 Å². The van der Waals surface area contributed by atoms with Gasteiger partial charge in [0.15, 0.2) is 0 Å². The summed E-state index contributed by atoms with van der Waals surface area (Å²) in [4.78, 5) is 0. The summed E-state index contributed by atoms with van der Waals surface area (Å²) in [6.45, 7) is 9.27. The van der Waals surface area contributed by atoms with Crippen molar-refractivity contribution >= 4 is 8.56 Å². The quantitative estimate of drug-likeness (QED) is 0.450. The lowest BCUT2D eigenvalue weighted by atomic mass is 10.5. The van der Waals surface area contributed by atoms with Crippen molar-refractivity contribution in [3.05, 3.63) is 0 Å². The Bertz CT molecular complexity index is 148. The molecule has 0 aromatic rings. The zero-order valence-corrected chi connectivity index (χ0v) is 12.5. The molecule has 0 aliphatic carbocycles. The van der Waals surface area contributed by atoms with Crippen molar-refractivity contribution in [1.29, 1.82) is 0 Å². The fraction of sp³-hybridized carbons (Fsp3) is 1.00. The molecule has 4 heteroatoms. The minimum Gasteiger partial charge on any atom is -0.394 e. The molecule has 0 aromatic carbocycles. The first-order chi connectivity index (χ1) is 7.74. The van der Waals surface area contributed by atoms with Crippen LogP contribution in [0.3, 0.4) is 0 Å². The molecule has 0 spiro atoms. The van der Waals surface area contributed by atoms with Crippen molar-refractivity contribution in [3.8, 4) is 0 Å². The highest BCUT2D eigenvalue weighted by Gasteiger charge is 2.34. The van der Waals surface area contributed by atoms with Gasteiger partial charge in [-0.3, -0.25) is 0 Å². The predicted octanol–water partition coefficient (Wildman–Crippen LogP) is 2.91. The summed E-state index contributed by atoms with van der Waals surface area (Å²) in [7, 11) is 0.106. The van der Waals surface area contributed by atoms with E-state index in [9.17, 15) is 0 Å². The Morgan fingerprint density at radius 3 is 1.94 bits per heavy atom. The van der Waals surface area contributed by atoms with Crippen molar-refractivity contribution < 1.29 is 8.85 Å². The molecule has 0 saturated heterocycles. The molecule has 16 heavy (non-hydrogen) atoms. The van der Waals surface area contributed by atoms with E-state index in [1.165, 1.54) is 0 Å². The number of rotatable bonds is 11. The molecule has 0 bridgehead atoms. The molecule has 0 aromatic heterocycles. The topological polar surface area (TPSA) is 30.5 Å². The lowest BCUT2D eigenvalue weighted by molar-refractivity contribution is 0.167. The van der Waals surface area contributed by atoms with Crippen LogP contribution in [0.25, 0.3) is 0 Å². The third-order valence-corrected chi connectivity index (χ3v) is 6.31. The van der Waals surface area contributed by atoms with E-state index in [4.69, 9.17) is 8.85 Å². The standard InChI is InChI=1S/C12H29NO2Si/c1-5-10-14-16(7-3,15-11-6-2)12-8-9-13-4/h13H,5-12H2,1-4H3. The largest absolute Gasteiger partial charge is 0.394 e. The van der Waals surface area contributed by atoms with E-state index in [0.29, 0.717) is 0 Å². The van der Waals surface area contributed by atoms with Gasteiger partial charge in [0.25, 0.3) is 0 Å². The average Bonchev–Trinajstić information content (AvgIpc) is 2.32. The molecule has 0 aliphatic heterocycles. The van der Waals surface area contributed by atoms with Crippen LogP contribution in [-0.2, 0) is 8.85 Å². The molecule has 0 rings (SSSR count). The molecule has 0 fully saturated rings. The number of nitrogens with one attached hydrogen (secondary N) is 1. The molecule has 0 radical (unpaired) electrons. The van der Waals surface area contributed by atoms with Gasteiger partial charge in [-0.05, 0) is 44.9 Å². The molecular weight excluding hydrogens is 218 g/mol. The highest BCUT2D eigenvalue weighted by atomic mass is 28.4. The van der Waals surface area contributed by atoms with Crippen molar-refractivity contribution in [2.24, 2.45) is 0 Å². The molecule has 0 saturated carbocycles. The predicted molar refractivity (Wildman–Crippen MR) is 72.1 cm³/mol. The third-order valence-electron chi connectivity index (χ3n) is 2.66. The van der Waals surface area contributed by atoms with E-state index in [2.05, 4.69) is 26.1 Å². The molecule has 1 N–H and O–H groups in total. The fourth-order valence-corrected chi connectivity index (χ4v) is 4.68. The lowest BCUT2D eigenvalue weighted by Gasteiger charge is -2.29. The van der Waals surface area contributed by atoms with Crippen LogP contribution in [-0.4, -0.2) is 35.4 Å². The van der Waals surface area contributed by atoms with Gasteiger partial charge in [0.2, 0.25) is 0 Å². The van der Waals surface area contributed by atoms with Crippen LogP contribution >= 0.6 is 0 Å². The molecule has 3 nitrogen and oxygen atoms in total. The van der Waals surface area contributed by atoms with E-state index in [1.54, 1.807) is 0 Å². The van der Waals surface area contributed by atoms with E-state index >= 15 is 0 Å². The normalized spacial score (nSPS) is 12.0. The van der Waals surface area contributed by atoms with E-state index in [1.807, 2.05) is 7.05 Å². The minimum absolute atomic E-state index is 0.851. The van der Waals surface area contributed by atoms with E-state index in [0.717, 1.165) is 51.1 Å². The van der Waals surface area contributed by atoms with Gasteiger partial charge in [-0.1, -0.05) is 20.8 Å². The number of hydrogen-bond donors (Lipinski definition) is 1. The van der Waals surface area contributed by atoms with Gasteiger partial charge in [0.1, 0.15) is 0 Å². The first-order valence-electron chi connectivity index (χ1n) is 6.67. The smallest absolute Gasteiger partial charge is 0.337 e. The molecule has 0 amide bonds. The maximum absolute atomic E-state index is 6.07. The molecule has 0 atom stereocenters. The second-order valence-corrected chi connectivity index (χ2v) is 7.77. The highest BCUT2D eigenvalue weighted by molar-refractivity contribution is 6.67. The van der Waals surface area contributed by atoms with Crippen LogP contribution in [0, 0.1) is 0 Å². The van der Waals surface area contributed by atoms with Crippen molar-refractivity contribution in [3.63, 3.8) is 0 Å². The second kappa shape index (κ2) is 10.3. The number of hydrogen-bond acceptors (Lipinski definition) is 3. The maximum Gasteiger partial charge on any atom is 0.337 e. The molecule has 98 valence electrons. The summed E-state index contributed by atoms with van der Waals surface area (Å²) in [6, 6.07) is 2.18. The van der Waals surface area contributed by atoms with Crippen LogP contribution in [0.1, 0.15) is 40.0 Å². The van der Waals surface area contributed by atoms with Crippen molar-refractivity contribution in [2.45, 2.75) is 52.1 Å². The SMILES string of the molecule is CCCO[Si](CC)(CCCNC)OCCC. The van der Waals surface area contributed by atoms with Gasteiger partial charge < -0.3 is 14.2 Å². The molecular formula is C12H29NO2Si. The van der Waals surface area contributed by atoms with Crippen LogP contribution < -0.4 is 5.32 Å². The second-order valence-electron chi connectivity index (χ2n) is 4.17. The zero-order chi connectivity index (χ0) is 12.3. The first kappa shape index (κ1) is 16.1. The zero-order valence-electron chi connectivity index (χ0n) is 11.5. The highest BCUT2D eigenvalue weighted by Crippen LogP contribution is 2.21. The fourth-order valence-electron chi connectivity index (χ4n) is 1.68. The van der Waals surface area contributed by atoms with Gasteiger partial charge in [-0.15, -0.1) is 0 Å². The Kier molecular flexibility index (Phi) is 10.3. The molecule has 0 aliphatic rings. The molecule has 0 heterocycles. The van der Waals surface area contributed by atoms with Crippen molar-refractivity contribution in [1.82, 2.24) is 5.32 Å². The van der Waals surface area contributed by atoms with Gasteiger partial charge in [-0.2, -0.15) is 0 Å². The average molecular weight is 247 g/mol. The van der Waals surface area contributed by atoms with Crippen LogP contribution in [0.5, 0.6) is 0 Å². The Morgan fingerprint density at radius 2 is 1.56 bits per heavy atom. The Labute approximate surface area is 102 Å². The van der Waals surface area contributed by atoms with Gasteiger partial charge in [0.05, 0.1) is 0 Å². The Morgan fingerprint density at radius 1 is 1.00 bits per heavy atom. The molecule has 0 unspecified atom stereocenters. The summed E-state index contributed by atoms with van der Waals surface area (Å²) >= 11 is 0. The maximum atomic E-state index is 6.07. The van der Waals surface area contributed by atoms with Gasteiger partial charge >= 0.3 is 8.56 Å². The van der Waals surface area contributed by atoms with Crippen LogP contribution in [0.2, 0.25) is 12.1 Å². The van der Waals surface area contributed by atoms with Gasteiger partial charge in [0, 0.05) is 13.2 Å². The monoisotopic (exact) mass is 247 g/mol. The van der Waals surface area contributed by atoms with E-state index < -0.39 is 8.56 Å². The Hall–Kier alpha value is 0.0969. The van der Waals surface area contributed by atoms with E-state index in [-0.39, 0.29) is 0 Å². The minimum atomic E-state index is -1.89. The van der Waals surface area contributed by atoms with Gasteiger partial charge in [-0.25, -0.2) is 0 Å².